The molecule has 0 aliphatic carbocycles. The maximum Gasteiger partial charge on any atom is 0.322 e. The van der Waals surface area contributed by atoms with Crippen molar-refractivity contribution in [2.75, 3.05) is 37.7 Å². The van der Waals surface area contributed by atoms with Gasteiger partial charge in [0.15, 0.2) is 12.4 Å². The molecule has 1 aliphatic heterocycles. The lowest BCUT2D eigenvalue weighted by Gasteiger charge is -2.35. The van der Waals surface area contributed by atoms with Gasteiger partial charge in [-0.05, 0) is 42.8 Å². The summed E-state index contributed by atoms with van der Waals surface area (Å²) in [6.45, 7) is 5.61. The number of aromatic amines is 1. The molecule has 0 radical (unpaired) electrons. The summed E-state index contributed by atoms with van der Waals surface area (Å²) in [4.78, 5) is 28.0. The maximum absolute atomic E-state index is 16.6. The number of fused-ring (bicyclic) bond motifs is 2. The van der Waals surface area contributed by atoms with Crippen molar-refractivity contribution in [2.24, 2.45) is 0 Å². The molecule has 43 heavy (non-hydrogen) atoms. The third kappa shape index (κ3) is 5.22. The number of hydrogen-bond acceptors (Lipinski definition) is 7. The minimum atomic E-state index is -3.46. The zero-order valence-electron chi connectivity index (χ0n) is 23.0. The summed E-state index contributed by atoms with van der Waals surface area (Å²) in [7, 11) is 0. The zero-order chi connectivity index (χ0) is 30.3. The Labute approximate surface area is 249 Å². The number of nitrogens with zero attached hydrogens (tertiary/aromatic N) is 6. The van der Waals surface area contributed by atoms with E-state index < -0.39 is 30.1 Å². The van der Waals surface area contributed by atoms with Crippen molar-refractivity contribution in [2.45, 2.75) is 12.8 Å². The van der Waals surface area contributed by atoms with Crippen LogP contribution in [0.25, 0.3) is 32.9 Å². The maximum atomic E-state index is 16.6. The van der Waals surface area contributed by atoms with E-state index in [0.29, 0.717) is 42.6 Å². The van der Waals surface area contributed by atoms with Crippen LogP contribution in [0.2, 0.25) is 5.02 Å². The largest absolute Gasteiger partial charge is 0.457 e. The molecule has 1 fully saturated rings. The first-order valence-electron chi connectivity index (χ1n) is 13.4. The number of carbonyl (C=O) groups is 1. The van der Waals surface area contributed by atoms with Crippen molar-refractivity contribution < 1.29 is 22.7 Å². The summed E-state index contributed by atoms with van der Waals surface area (Å²) in [5.74, 6) is -4.19. The summed E-state index contributed by atoms with van der Waals surface area (Å²) < 4.78 is 51.9. The summed E-state index contributed by atoms with van der Waals surface area (Å²) in [5, 5.41) is 8.00. The number of ether oxygens (including phenoxy) is 1. The molecule has 220 valence electrons. The molecule has 1 aliphatic rings. The Kier molecular flexibility index (Phi) is 7.38. The second-order valence-electron chi connectivity index (χ2n) is 10.1. The number of alkyl halides is 2. The molecule has 9 nitrogen and oxygen atoms in total. The standard InChI is InChI=1S/C30H25ClF3N7O2/c1-3-23(42)40-10-12-41(13-11-40)28-18-14-20(31)25(24-17(2)7-8-21-19(24)15-36-39-21)26(32)27(18)37-29(38-28)43-16-30(33,34)22-6-4-5-9-35-22/h3-9,14-15H,1,10-13,16H2,2H3,(H,36,39). The highest BCUT2D eigenvalue weighted by Crippen LogP contribution is 2.42. The van der Waals surface area contributed by atoms with Crippen molar-refractivity contribution in [3.8, 4) is 17.1 Å². The van der Waals surface area contributed by atoms with Gasteiger partial charge in [-0.2, -0.15) is 23.8 Å². The molecule has 1 N–H and O–H groups in total. The number of piperazine rings is 1. The summed E-state index contributed by atoms with van der Waals surface area (Å²) in [6, 6.07) is 8.94. The smallest absolute Gasteiger partial charge is 0.322 e. The van der Waals surface area contributed by atoms with Gasteiger partial charge < -0.3 is 14.5 Å². The molecule has 4 heterocycles. The molecule has 1 amide bonds. The lowest BCUT2D eigenvalue weighted by Crippen LogP contribution is -2.48. The number of hydrogen-bond donors (Lipinski definition) is 1. The number of H-pyrrole nitrogens is 1. The van der Waals surface area contributed by atoms with E-state index in [9.17, 15) is 13.6 Å². The number of benzene rings is 2. The Bertz CT molecular complexity index is 1860. The molecule has 0 atom stereocenters. The Morgan fingerprint density at radius 2 is 1.93 bits per heavy atom. The molecule has 0 spiro atoms. The fourth-order valence-electron chi connectivity index (χ4n) is 5.23. The first-order chi connectivity index (χ1) is 20.7. The van der Waals surface area contributed by atoms with Gasteiger partial charge >= 0.3 is 11.9 Å². The second-order valence-corrected chi connectivity index (χ2v) is 10.5. The molecule has 0 saturated carbocycles. The van der Waals surface area contributed by atoms with E-state index in [2.05, 4.69) is 31.7 Å². The predicted molar refractivity (Wildman–Crippen MR) is 157 cm³/mol. The molecular formula is C30H25ClF3N7O2. The molecular weight excluding hydrogens is 583 g/mol. The Balaban J connectivity index is 1.47. The minimum absolute atomic E-state index is 0.0921. The molecule has 0 unspecified atom stereocenters. The number of anilines is 1. The van der Waals surface area contributed by atoms with Crippen LogP contribution in [-0.2, 0) is 10.7 Å². The molecule has 5 aromatic rings. The van der Waals surface area contributed by atoms with E-state index in [1.54, 1.807) is 17.2 Å². The highest BCUT2D eigenvalue weighted by molar-refractivity contribution is 6.35. The second kappa shape index (κ2) is 11.2. The van der Waals surface area contributed by atoms with E-state index >= 15 is 4.39 Å². The van der Waals surface area contributed by atoms with Crippen molar-refractivity contribution in [3.05, 3.63) is 83.5 Å². The lowest BCUT2D eigenvalue weighted by atomic mass is 9.95. The topological polar surface area (TPSA) is 100 Å². The molecule has 3 aromatic heterocycles. The van der Waals surface area contributed by atoms with E-state index in [4.69, 9.17) is 16.3 Å². The van der Waals surface area contributed by atoms with Gasteiger partial charge in [0.1, 0.15) is 17.0 Å². The Hall–Kier alpha value is -4.71. The van der Waals surface area contributed by atoms with Crippen molar-refractivity contribution >= 4 is 45.1 Å². The first-order valence-corrected chi connectivity index (χ1v) is 13.8. The number of rotatable bonds is 7. The quantitative estimate of drug-likeness (QED) is 0.238. The fourth-order valence-corrected chi connectivity index (χ4v) is 5.52. The minimum Gasteiger partial charge on any atom is -0.457 e. The van der Waals surface area contributed by atoms with E-state index in [1.165, 1.54) is 30.5 Å². The van der Waals surface area contributed by atoms with Crippen LogP contribution in [0.1, 0.15) is 11.3 Å². The van der Waals surface area contributed by atoms with Gasteiger partial charge in [-0.1, -0.05) is 30.3 Å². The first kappa shape index (κ1) is 28.4. The Morgan fingerprint density at radius 1 is 1.14 bits per heavy atom. The van der Waals surface area contributed by atoms with E-state index in [-0.39, 0.29) is 33.2 Å². The molecule has 2 aromatic carbocycles. The number of aromatic nitrogens is 5. The highest BCUT2D eigenvalue weighted by Gasteiger charge is 2.35. The Morgan fingerprint density at radius 3 is 2.65 bits per heavy atom. The molecule has 1 saturated heterocycles. The zero-order valence-corrected chi connectivity index (χ0v) is 23.7. The number of carbonyl (C=O) groups excluding carboxylic acids is 1. The van der Waals surface area contributed by atoms with Crippen LogP contribution in [0.15, 0.2) is 61.4 Å². The molecule has 0 bridgehead atoms. The number of halogens is 4. The van der Waals surface area contributed by atoms with Crippen LogP contribution in [0.3, 0.4) is 0 Å². The predicted octanol–water partition coefficient (Wildman–Crippen LogP) is 5.67. The van der Waals surface area contributed by atoms with Gasteiger partial charge in [0.2, 0.25) is 5.91 Å². The summed E-state index contributed by atoms with van der Waals surface area (Å²) in [6.07, 6.45) is 4.08. The van der Waals surface area contributed by atoms with Gasteiger partial charge in [-0.15, -0.1) is 0 Å². The third-order valence-electron chi connectivity index (χ3n) is 7.41. The summed E-state index contributed by atoms with van der Waals surface area (Å²) in [5.41, 5.74) is 1.42. The number of nitrogens with one attached hydrogen (secondary N) is 1. The van der Waals surface area contributed by atoms with Gasteiger partial charge in [0, 0.05) is 54.3 Å². The number of pyridine rings is 1. The van der Waals surface area contributed by atoms with Crippen LogP contribution in [0, 0.1) is 12.7 Å². The lowest BCUT2D eigenvalue weighted by molar-refractivity contribution is -0.126. The number of amides is 1. The van der Waals surface area contributed by atoms with E-state index in [0.717, 1.165) is 5.56 Å². The molecule has 6 rings (SSSR count). The van der Waals surface area contributed by atoms with Crippen molar-refractivity contribution in [1.82, 2.24) is 30.0 Å². The van der Waals surface area contributed by atoms with Gasteiger partial charge in [-0.25, -0.2) is 4.39 Å². The van der Waals surface area contributed by atoms with Crippen molar-refractivity contribution in [1.29, 1.82) is 0 Å². The number of aryl methyl sites for hydroxylation is 1. The monoisotopic (exact) mass is 607 g/mol. The van der Waals surface area contributed by atoms with Crippen LogP contribution in [0.4, 0.5) is 19.0 Å². The van der Waals surface area contributed by atoms with Gasteiger partial charge in [0.05, 0.1) is 16.7 Å². The van der Waals surface area contributed by atoms with Crippen molar-refractivity contribution in [3.63, 3.8) is 0 Å². The van der Waals surface area contributed by atoms with E-state index in [1.807, 2.05) is 24.0 Å². The normalized spacial score (nSPS) is 14.0. The van der Waals surface area contributed by atoms with Crippen LogP contribution in [-0.4, -0.2) is 68.7 Å². The van der Waals surface area contributed by atoms with Crippen LogP contribution in [0.5, 0.6) is 6.01 Å². The average molecular weight is 608 g/mol. The fraction of sp³-hybridized carbons (Fsp3) is 0.233. The third-order valence-corrected chi connectivity index (χ3v) is 7.71. The van der Waals surface area contributed by atoms with Gasteiger partial charge in [-0.3, -0.25) is 14.9 Å². The summed E-state index contributed by atoms with van der Waals surface area (Å²) >= 11 is 6.76. The van der Waals surface area contributed by atoms with Gasteiger partial charge in [0.25, 0.3) is 0 Å². The van der Waals surface area contributed by atoms with Crippen LogP contribution < -0.4 is 9.64 Å². The highest BCUT2D eigenvalue weighted by atomic mass is 35.5. The SMILES string of the molecule is C=CC(=O)N1CCN(c2nc(OCC(F)(F)c3ccccn3)nc3c(F)c(-c4c(C)ccc5[nH]ncc45)c(Cl)cc23)CC1. The average Bonchev–Trinajstić information content (AvgIpc) is 3.50. The van der Waals surface area contributed by atoms with Crippen LogP contribution >= 0.6 is 11.6 Å². The molecule has 13 heteroatoms.